The van der Waals surface area contributed by atoms with Crippen molar-refractivity contribution < 1.29 is 4.79 Å². The van der Waals surface area contributed by atoms with Crippen LogP contribution in [0.3, 0.4) is 0 Å². The van der Waals surface area contributed by atoms with Crippen LogP contribution >= 0.6 is 0 Å². The molecule has 0 unspecified atom stereocenters. The standard InChI is InChI=1S/C29H33N5O/c1-21-18-22(2)34(32-21)20-24-9-11-26(12-10-24)29(35)33-16-14-25(15-17-33)28-27(19-30-31-28)13-8-23-6-4-3-5-7-23/h3-7,9-12,18-19,25H,8,13-17,20H2,1-2H3,(H,30,31). The largest absolute Gasteiger partial charge is 0.339 e. The van der Waals surface area contributed by atoms with E-state index in [-0.39, 0.29) is 5.91 Å². The third-order valence-electron chi connectivity index (χ3n) is 7.10. The average Bonchev–Trinajstić information content (AvgIpc) is 3.49. The van der Waals surface area contributed by atoms with E-state index in [1.165, 1.54) is 16.8 Å². The van der Waals surface area contributed by atoms with Gasteiger partial charge in [-0.05, 0) is 74.4 Å². The number of hydrogen-bond acceptors (Lipinski definition) is 3. The van der Waals surface area contributed by atoms with Crippen LogP contribution in [0.1, 0.15) is 62.9 Å². The number of carbonyl (C=O) groups is 1. The van der Waals surface area contributed by atoms with Gasteiger partial charge >= 0.3 is 0 Å². The summed E-state index contributed by atoms with van der Waals surface area (Å²) in [7, 11) is 0. The molecule has 180 valence electrons. The van der Waals surface area contributed by atoms with Crippen LogP contribution < -0.4 is 0 Å². The van der Waals surface area contributed by atoms with E-state index in [1.807, 2.05) is 47.0 Å². The minimum atomic E-state index is 0.120. The molecule has 1 aliphatic heterocycles. The molecule has 5 rings (SSSR count). The van der Waals surface area contributed by atoms with Crippen molar-refractivity contribution in [2.45, 2.75) is 52.0 Å². The summed E-state index contributed by atoms with van der Waals surface area (Å²) < 4.78 is 2.00. The molecule has 1 aliphatic rings. The molecule has 0 saturated carbocycles. The van der Waals surface area contributed by atoms with Gasteiger partial charge in [0.05, 0.1) is 18.4 Å². The van der Waals surface area contributed by atoms with Gasteiger partial charge in [-0.15, -0.1) is 0 Å². The number of likely N-dealkylation sites (tertiary alicyclic amines) is 1. The van der Waals surface area contributed by atoms with E-state index < -0.39 is 0 Å². The SMILES string of the molecule is Cc1cc(C)n(Cc2ccc(C(=O)N3CCC(c4[nH]ncc4CCc4ccccc4)CC3)cc2)n1. The number of piperidine rings is 1. The third-order valence-corrected chi connectivity index (χ3v) is 7.10. The zero-order valence-electron chi connectivity index (χ0n) is 20.6. The number of rotatable bonds is 7. The molecule has 2 aromatic carbocycles. The van der Waals surface area contributed by atoms with Crippen LogP contribution in [0.5, 0.6) is 0 Å². The Labute approximate surface area is 207 Å². The second-order valence-electron chi connectivity index (χ2n) is 9.64. The van der Waals surface area contributed by atoms with Gasteiger partial charge in [0.15, 0.2) is 0 Å². The summed E-state index contributed by atoms with van der Waals surface area (Å²) in [4.78, 5) is 15.1. The van der Waals surface area contributed by atoms with E-state index in [0.29, 0.717) is 5.92 Å². The highest BCUT2D eigenvalue weighted by atomic mass is 16.2. The molecule has 4 aromatic rings. The second kappa shape index (κ2) is 10.3. The van der Waals surface area contributed by atoms with Gasteiger partial charge < -0.3 is 4.90 Å². The summed E-state index contributed by atoms with van der Waals surface area (Å²) in [6, 6.07) is 20.7. The predicted molar refractivity (Wildman–Crippen MR) is 138 cm³/mol. The maximum Gasteiger partial charge on any atom is 0.253 e. The van der Waals surface area contributed by atoms with Crippen LogP contribution in [-0.4, -0.2) is 43.9 Å². The molecular formula is C29H33N5O. The molecule has 0 radical (unpaired) electrons. The molecule has 3 heterocycles. The lowest BCUT2D eigenvalue weighted by atomic mass is 9.89. The smallest absolute Gasteiger partial charge is 0.253 e. The molecule has 1 saturated heterocycles. The first-order valence-electron chi connectivity index (χ1n) is 12.5. The van der Waals surface area contributed by atoms with Gasteiger partial charge in [-0.3, -0.25) is 14.6 Å². The number of hydrogen-bond donors (Lipinski definition) is 1. The first kappa shape index (κ1) is 23.1. The molecule has 0 bridgehead atoms. The van der Waals surface area contributed by atoms with Crippen molar-refractivity contribution >= 4 is 5.91 Å². The Morgan fingerprint density at radius 2 is 1.71 bits per heavy atom. The Bertz CT molecular complexity index is 1260. The molecule has 35 heavy (non-hydrogen) atoms. The highest BCUT2D eigenvalue weighted by molar-refractivity contribution is 5.94. The summed E-state index contributed by atoms with van der Waals surface area (Å²) in [6.45, 7) is 6.34. The Kier molecular flexibility index (Phi) is 6.80. The number of aromatic amines is 1. The molecule has 1 N–H and O–H groups in total. The number of nitrogens with one attached hydrogen (secondary N) is 1. The van der Waals surface area contributed by atoms with Gasteiger partial charge in [-0.2, -0.15) is 10.2 Å². The van der Waals surface area contributed by atoms with Crippen molar-refractivity contribution in [1.82, 2.24) is 24.9 Å². The van der Waals surface area contributed by atoms with Crippen molar-refractivity contribution in [2.75, 3.05) is 13.1 Å². The Morgan fingerprint density at radius 1 is 0.971 bits per heavy atom. The molecule has 1 fully saturated rings. The quantitative estimate of drug-likeness (QED) is 0.412. The highest BCUT2D eigenvalue weighted by Crippen LogP contribution is 2.30. The highest BCUT2D eigenvalue weighted by Gasteiger charge is 2.27. The maximum atomic E-state index is 13.1. The summed E-state index contributed by atoms with van der Waals surface area (Å²) in [5.74, 6) is 0.547. The number of H-pyrrole nitrogens is 1. The minimum absolute atomic E-state index is 0.120. The van der Waals surface area contributed by atoms with Crippen LogP contribution in [0.15, 0.2) is 66.9 Å². The lowest BCUT2D eigenvalue weighted by Crippen LogP contribution is -2.38. The summed E-state index contributed by atoms with van der Waals surface area (Å²) in [6.07, 6.45) is 5.90. The minimum Gasteiger partial charge on any atom is -0.339 e. The van der Waals surface area contributed by atoms with Gasteiger partial charge in [-0.25, -0.2) is 0 Å². The molecule has 6 heteroatoms. The molecule has 1 amide bonds. The van der Waals surface area contributed by atoms with Gasteiger partial charge in [0.1, 0.15) is 0 Å². The molecular weight excluding hydrogens is 434 g/mol. The van der Waals surface area contributed by atoms with E-state index in [0.717, 1.165) is 67.8 Å². The summed E-state index contributed by atoms with van der Waals surface area (Å²) in [5, 5.41) is 12.1. The van der Waals surface area contributed by atoms with Crippen LogP contribution in [-0.2, 0) is 19.4 Å². The monoisotopic (exact) mass is 467 g/mol. The second-order valence-corrected chi connectivity index (χ2v) is 9.64. The first-order chi connectivity index (χ1) is 17.1. The van der Waals surface area contributed by atoms with Crippen molar-refractivity contribution in [3.05, 3.63) is 106 Å². The average molecular weight is 468 g/mol. The molecule has 0 spiro atoms. The van der Waals surface area contributed by atoms with Gasteiger partial charge in [0, 0.05) is 36.0 Å². The normalized spacial score (nSPS) is 14.4. The maximum absolute atomic E-state index is 13.1. The number of benzene rings is 2. The van der Waals surface area contributed by atoms with E-state index in [2.05, 4.69) is 58.6 Å². The van der Waals surface area contributed by atoms with Gasteiger partial charge in [0.2, 0.25) is 0 Å². The lowest BCUT2D eigenvalue weighted by Gasteiger charge is -2.32. The summed E-state index contributed by atoms with van der Waals surface area (Å²) in [5.41, 5.74) is 7.97. The van der Waals surface area contributed by atoms with Crippen molar-refractivity contribution in [3.63, 3.8) is 0 Å². The van der Waals surface area contributed by atoms with Crippen LogP contribution in [0.2, 0.25) is 0 Å². The van der Waals surface area contributed by atoms with E-state index in [9.17, 15) is 4.79 Å². The number of aryl methyl sites for hydroxylation is 4. The Balaban J connectivity index is 1.16. The van der Waals surface area contributed by atoms with Crippen molar-refractivity contribution in [3.8, 4) is 0 Å². The first-order valence-corrected chi connectivity index (χ1v) is 12.5. The van der Waals surface area contributed by atoms with Crippen LogP contribution in [0.25, 0.3) is 0 Å². The van der Waals surface area contributed by atoms with Gasteiger partial charge in [-0.1, -0.05) is 42.5 Å². The van der Waals surface area contributed by atoms with Crippen molar-refractivity contribution in [1.29, 1.82) is 0 Å². The molecule has 6 nitrogen and oxygen atoms in total. The predicted octanol–water partition coefficient (Wildman–Crippen LogP) is 5.08. The fourth-order valence-corrected chi connectivity index (χ4v) is 5.11. The number of carbonyl (C=O) groups excluding carboxylic acids is 1. The van der Waals surface area contributed by atoms with Crippen LogP contribution in [0, 0.1) is 13.8 Å². The van der Waals surface area contributed by atoms with E-state index >= 15 is 0 Å². The third kappa shape index (κ3) is 5.37. The number of aromatic nitrogens is 4. The fourth-order valence-electron chi connectivity index (χ4n) is 5.11. The zero-order valence-corrected chi connectivity index (χ0v) is 20.6. The lowest BCUT2D eigenvalue weighted by molar-refractivity contribution is 0.0712. The molecule has 0 aliphatic carbocycles. The van der Waals surface area contributed by atoms with Crippen LogP contribution in [0.4, 0.5) is 0 Å². The topological polar surface area (TPSA) is 66.8 Å². The molecule has 2 aromatic heterocycles. The van der Waals surface area contributed by atoms with E-state index in [1.54, 1.807) is 0 Å². The molecule has 0 atom stereocenters. The summed E-state index contributed by atoms with van der Waals surface area (Å²) >= 11 is 0. The number of amides is 1. The Hall–Kier alpha value is -3.67. The van der Waals surface area contributed by atoms with Crippen molar-refractivity contribution in [2.24, 2.45) is 0 Å². The number of nitrogens with zero attached hydrogens (tertiary/aromatic N) is 4. The zero-order chi connectivity index (χ0) is 24.2. The van der Waals surface area contributed by atoms with Gasteiger partial charge in [0.25, 0.3) is 5.91 Å². The fraction of sp³-hybridized carbons (Fsp3) is 0.345. The Morgan fingerprint density at radius 3 is 2.40 bits per heavy atom. The van der Waals surface area contributed by atoms with E-state index in [4.69, 9.17) is 0 Å².